The molecule has 0 saturated carbocycles. The number of carbonyl (C=O) groups excluding carboxylic acids is 1. The van der Waals surface area contributed by atoms with Gasteiger partial charge in [0.15, 0.2) is 0 Å². The SMILES string of the molecule is COc1cccc(OCCn2c(CCCNC(=O)c3ccc(Br)cc3)nc3ccccc32)c1. The predicted molar refractivity (Wildman–Crippen MR) is 133 cm³/mol. The van der Waals surface area contributed by atoms with Gasteiger partial charge >= 0.3 is 0 Å². The van der Waals surface area contributed by atoms with Gasteiger partial charge < -0.3 is 19.4 Å². The van der Waals surface area contributed by atoms with Crippen LogP contribution in [0.25, 0.3) is 11.0 Å². The van der Waals surface area contributed by atoms with E-state index in [1.807, 2.05) is 54.6 Å². The van der Waals surface area contributed by atoms with Gasteiger partial charge in [0.1, 0.15) is 23.9 Å². The highest BCUT2D eigenvalue weighted by atomic mass is 79.9. The summed E-state index contributed by atoms with van der Waals surface area (Å²) >= 11 is 3.39. The minimum Gasteiger partial charge on any atom is -0.497 e. The number of ether oxygens (including phenoxy) is 2. The van der Waals surface area contributed by atoms with Crippen molar-refractivity contribution in [1.29, 1.82) is 0 Å². The maximum atomic E-state index is 12.3. The topological polar surface area (TPSA) is 65.4 Å². The number of nitrogens with one attached hydrogen (secondary N) is 1. The summed E-state index contributed by atoms with van der Waals surface area (Å²) in [6, 6.07) is 23.1. The van der Waals surface area contributed by atoms with Gasteiger partial charge in [-0.15, -0.1) is 0 Å². The van der Waals surface area contributed by atoms with Gasteiger partial charge in [0.25, 0.3) is 5.91 Å². The molecule has 33 heavy (non-hydrogen) atoms. The number of para-hydroxylation sites is 2. The zero-order valence-electron chi connectivity index (χ0n) is 18.5. The standard InChI is InChI=1S/C26H26BrN3O3/c1-32-21-6-4-7-22(18-21)33-17-16-30-24-9-3-2-8-23(24)29-25(30)10-5-15-28-26(31)19-11-13-20(27)14-12-19/h2-4,6-9,11-14,18H,5,10,15-17H2,1H3,(H,28,31). The number of benzene rings is 3. The summed E-state index contributed by atoms with van der Waals surface area (Å²) in [6.07, 6.45) is 1.55. The molecular formula is C26H26BrN3O3. The molecule has 0 aliphatic carbocycles. The van der Waals surface area contributed by atoms with E-state index in [0.29, 0.717) is 25.3 Å². The average molecular weight is 508 g/mol. The Kier molecular flexibility index (Phi) is 7.62. The second-order valence-electron chi connectivity index (χ2n) is 7.56. The second-order valence-corrected chi connectivity index (χ2v) is 8.48. The number of imidazole rings is 1. The van der Waals surface area contributed by atoms with Crippen molar-refractivity contribution in [1.82, 2.24) is 14.9 Å². The average Bonchev–Trinajstić information content (AvgIpc) is 3.19. The lowest BCUT2D eigenvalue weighted by Crippen LogP contribution is -2.25. The maximum Gasteiger partial charge on any atom is 0.251 e. The van der Waals surface area contributed by atoms with Crippen LogP contribution < -0.4 is 14.8 Å². The van der Waals surface area contributed by atoms with E-state index in [0.717, 1.165) is 45.7 Å². The molecule has 170 valence electrons. The van der Waals surface area contributed by atoms with Crippen LogP contribution >= 0.6 is 15.9 Å². The molecule has 0 radical (unpaired) electrons. The Morgan fingerprint density at radius 1 is 1.03 bits per heavy atom. The normalized spacial score (nSPS) is 10.8. The Labute approximate surface area is 201 Å². The number of hydrogen-bond acceptors (Lipinski definition) is 4. The van der Waals surface area contributed by atoms with E-state index in [-0.39, 0.29) is 5.91 Å². The number of amides is 1. The van der Waals surface area contributed by atoms with E-state index < -0.39 is 0 Å². The molecule has 0 fully saturated rings. The molecule has 7 heteroatoms. The van der Waals surface area contributed by atoms with Crippen molar-refractivity contribution in [3.8, 4) is 11.5 Å². The molecule has 0 aliphatic rings. The molecule has 1 amide bonds. The first-order valence-electron chi connectivity index (χ1n) is 10.9. The van der Waals surface area contributed by atoms with Crippen LogP contribution in [0.4, 0.5) is 0 Å². The monoisotopic (exact) mass is 507 g/mol. The fourth-order valence-electron chi connectivity index (χ4n) is 3.66. The zero-order chi connectivity index (χ0) is 23.0. The predicted octanol–water partition coefficient (Wildman–Crippen LogP) is 5.25. The molecule has 0 aliphatic heterocycles. The van der Waals surface area contributed by atoms with Gasteiger partial charge in [0.2, 0.25) is 0 Å². The summed E-state index contributed by atoms with van der Waals surface area (Å²) < 4.78 is 14.4. The van der Waals surface area contributed by atoms with E-state index in [2.05, 4.69) is 31.9 Å². The first kappa shape index (κ1) is 22.9. The van der Waals surface area contributed by atoms with Crippen molar-refractivity contribution < 1.29 is 14.3 Å². The van der Waals surface area contributed by atoms with E-state index in [1.165, 1.54) is 0 Å². The van der Waals surface area contributed by atoms with E-state index in [9.17, 15) is 4.79 Å². The van der Waals surface area contributed by atoms with E-state index in [4.69, 9.17) is 14.5 Å². The largest absolute Gasteiger partial charge is 0.497 e. The van der Waals surface area contributed by atoms with Gasteiger partial charge in [0, 0.05) is 29.1 Å². The third-order valence-electron chi connectivity index (χ3n) is 5.33. The maximum absolute atomic E-state index is 12.3. The molecule has 4 aromatic rings. The first-order valence-corrected chi connectivity index (χ1v) is 11.7. The Morgan fingerprint density at radius 2 is 1.82 bits per heavy atom. The molecule has 0 unspecified atom stereocenters. The van der Waals surface area contributed by atoms with Crippen molar-refractivity contribution >= 4 is 32.9 Å². The number of halogens is 1. The number of aromatic nitrogens is 2. The summed E-state index contributed by atoms with van der Waals surface area (Å²) in [6.45, 7) is 1.78. The summed E-state index contributed by atoms with van der Waals surface area (Å²) in [4.78, 5) is 17.1. The molecule has 0 saturated heterocycles. The lowest BCUT2D eigenvalue weighted by molar-refractivity contribution is 0.0953. The van der Waals surface area contributed by atoms with Crippen molar-refractivity contribution in [2.24, 2.45) is 0 Å². The fourth-order valence-corrected chi connectivity index (χ4v) is 3.93. The molecular weight excluding hydrogens is 482 g/mol. The molecule has 0 atom stereocenters. The van der Waals surface area contributed by atoms with Crippen LogP contribution in [0.5, 0.6) is 11.5 Å². The lowest BCUT2D eigenvalue weighted by atomic mass is 10.2. The molecule has 1 heterocycles. The number of methoxy groups -OCH3 is 1. The highest BCUT2D eigenvalue weighted by molar-refractivity contribution is 9.10. The van der Waals surface area contributed by atoms with Crippen LogP contribution in [-0.4, -0.2) is 35.7 Å². The lowest BCUT2D eigenvalue weighted by Gasteiger charge is -2.12. The van der Waals surface area contributed by atoms with Gasteiger partial charge in [-0.1, -0.05) is 34.1 Å². The zero-order valence-corrected chi connectivity index (χ0v) is 20.0. The summed E-state index contributed by atoms with van der Waals surface area (Å²) in [5.41, 5.74) is 2.70. The molecule has 1 aromatic heterocycles. The van der Waals surface area contributed by atoms with Gasteiger partial charge in [0.05, 0.1) is 24.7 Å². The quantitative estimate of drug-likeness (QED) is 0.297. The molecule has 6 nitrogen and oxygen atoms in total. The smallest absolute Gasteiger partial charge is 0.251 e. The third-order valence-corrected chi connectivity index (χ3v) is 5.86. The highest BCUT2D eigenvalue weighted by Gasteiger charge is 2.11. The molecule has 1 N–H and O–H groups in total. The van der Waals surface area contributed by atoms with E-state index in [1.54, 1.807) is 19.2 Å². The molecule has 0 bridgehead atoms. The van der Waals surface area contributed by atoms with Crippen LogP contribution in [0.1, 0.15) is 22.6 Å². The van der Waals surface area contributed by atoms with Crippen molar-refractivity contribution in [3.05, 3.63) is 88.7 Å². The van der Waals surface area contributed by atoms with Crippen molar-refractivity contribution in [2.75, 3.05) is 20.3 Å². The third kappa shape index (κ3) is 5.93. The second kappa shape index (κ2) is 11.0. The number of carbonyl (C=O) groups is 1. The number of fused-ring (bicyclic) bond motifs is 1. The minimum atomic E-state index is -0.0670. The van der Waals surface area contributed by atoms with Gasteiger partial charge in [-0.25, -0.2) is 4.98 Å². The van der Waals surface area contributed by atoms with Crippen LogP contribution in [0.3, 0.4) is 0 Å². The number of hydrogen-bond donors (Lipinski definition) is 1. The van der Waals surface area contributed by atoms with Crippen LogP contribution in [-0.2, 0) is 13.0 Å². The van der Waals surface area contributed by atoms with E-state index >= 15 is 0 Å². The Morgan fingerprint density at radius 3 is 2.64 bits per heavy atom. The number of rotatable bonds is 10. The van der Waals surface area contributed by atoms with Crippen LogP contribution in [0, 0.1) is 0 Å². The molecule has 4 rings (SSSR count). The fraction of sp³-hybridized carbons (Fsp3) is 0.231. The summed E-state index contributed by atoms with van der Waals surface area (Å²) in [5, 5.41) is 2.99. The van der Waals surface area contributed by atoms with Crippen molar-refractivity contribution in [3.63, 3.8) is 0 Å². The highest BCUT2D eigenvalue weighted by Crippen LogP contribution is 2.20. The molecule has 3 aromatic carbocycles. The number of aryl methyl sites for hydroxylation is 1. The van der Waals surface area contributed by atoms with Gasteiger partial charge in [-0.05, 0) is 55.0 Å². The van der Waals surface area contributed by atoms with Gasteiger partial charge in [-0.3, -0.25) is 4.79 Å². The van der Waals surface area contributed by atoms with Crippen LogP contribution in [0.2, 0.25) is 0 Å². The molecule has 0 spiro atoms. The Hall–Kier alpha value is -3.32. The minimum absolute atomic E-state index is 0.0670. The van der Waals surface area contributed by atoms with Crippen molar-refractivity contribution in [2.45, 2.75) is 19.4 Å². The summed E-state index contributed by atoms with van der Waals surface area (Å²) in [7, 11) is 1.64. The Bertz CT molecular complexity index is 1220. The first-order chi connectivity index (χ1) is 16.1. The Balaban J connectivity index is 1.36. The van der Waals surface area contributed by atoms with Crippen LogP contribution in [0.15, 0.2) is 77.3 Å². The summed E-state index contributed by atoms with van der Waals surface area (Å²) in [5.74, 6) is 2.47. The number of nitrogens with zero attached hydrogens (tertiary/aromatic N) is 2. The van der Waals surface area contributed by atoms with Gasteiger partial charge in [-0.2, -0.15) is 0 Å².